The highest BCUT2D eigenvalue weighted by molar-refractivity contribution is 6.04. The van der Waals surface area contributed by atoms with Gasteiger partial charge in [0.25, 0.3) is 5.91 Å². The van der Waals surface area contributed by atoms with Crippen molar-refractivity contribution in [1.82, 2.24) is 14.8 Å². The number of nitrogens with zero attached hydrogens (tertiary/aromatic N) is 3. The number of nitrogens with one attached hydrogen (secondary N) is 1. The molecule has 0 aliphatic carbocycles. The van der Waals surface area contributed by atoms with Gasteiger partial charge in [-0.2, -0.15) is 10.1 Å². The molecule has 8 heteroatoms. The topological polar surface area (TPSA) is 85.8 Å². The third-order valence-electron chi connectivity index (χ3n) is 2.28. The number of nitrogen functional groups attached to an aromatic ring is 1. The zero-order chi connectivity index (χ0) is 13.3. The van der Waals surface area contributed by atoms with Crippen LogP contribution in [0.1, 0.15) is 10.4 Å². The second kappa shape index (κ2) is 4.40. The molecule has 0 spiro atoms. The lowest BCUT2D eigenvalue weighted by Crippen LogP contribution is -2.19. The Morgan fingerprint density at radius 3 is 2.78 bits per heavy atom. The minimum absolute atomic E-state index is 0.0706. The Bertz CT molecular complexity index is 610. The summed E-state index contributed by atoms with van der Waals surface area (Å²) in [6, 6.07) is 1.97. The van der Waals surface area contributed by atoms with Crippen molar-refractivity contribution in [2.75, 3.05) is 11.1 Å². The second-order valence-corrected chi connectivity index (χ2v) is 3.49. The molecular formula is C10H9F2N5O. The van der Waals surface area contributed by atoms with E-state index in [1.54, 1.807) is 0 Å². The van der Waals surface area contributed by atoms with Crippen molar-refractivity contribution in [2.24, 2.45) is 7.05 Å². The van der Waals surface area contributed by atoms with E-state index in [-0.39, 0.29) is 11.6 Å². The molecule has 18 heavy (non-hydrogen) atoms. The van der Waals surface area contributed by atoms with Crippen molar-refractivity contribution in [3.8, 4) is 0 Å². The molecule has 0 unspecified atom stereocenters. The van der Waals surface area contributed by atoms with E-state index in [9.17, 15) is 13.6 Å². The predicted octanol–water partition coefficient (Wildman–Crippen LogP) is 0.928. The summed E-state index contributed by atoms with van der Waals surface area (Å²) in [5, 5.41) is 5.93. The highest BCUT2D eigenvalue weighted by atomic mass is 19.1. The van der Waals surface area contributed by atoms with E-state index in [2.05, 4.69) is 15.4 Å². The molecule has 2 rings (SSSR count). The number of amides is 1. The maximum Gasteiger partial charge on any atom is 0.264 e. The van der Waals surface area contributed by atoms with Crippen LogP contribution in [0.2, 0.25) is 0 Å². The molecule has 0 bridgehead atoms. The molecule has 1 heterocycles. The number of rotatable bonds is 2. The number of carbonyl (C=O) groups is 1. The number of aromatic nitrogens is 3. The fourth-order valence-corrected chi connectivity index (χ4v) is 1.35. The summed E-state index contributed by atoms with van der Waals surface area (Å²) in [5.74, 6) is -3.01. The van der Waals surface area contributed by atoms with Crippen LogP contribution in [-0.2, 0) is 7.05 Å². The van der Waals surface area contributed by atoms with E-state index in [1.165, 1.54) is 18.1 Å². The van der Waals surface area contributed by atoms with Gasteiger partial charge in [-0.15, -0.1) is 0 Å². The van der Waals surface area contributed by atoms with Crippen molar-refractivity contribution in [2.45, 2.75) is 0 Å². The van der Waals surface area contributed by atoms with Crippen molar-refractivity contribution in [3.05, 3.63) is 35.7 Å². The van der Waals surface area contributed by atoms with Gasteiger partial charge >= 0.3 is 0 Å². The lowest BCUT2D eigenvalue weighted by atomic mass is 10.1. The Balaban J connectivity index is 2.35. The van der Waals surface area contributed by atoms with E-state index < -0.39 is 23.1 Å². The normalized spacial score (nSPS) is 10.4. The quantitative estimate of drug-likeness (QED) is 0.779. The molecule has 0 radical (unpaired) electrons. The molecule has 0 saturated carbocycles. The molecule has 1 amide bonds. The number of benzene rings is 1. The first-order valence-electron chi connectivity index (χ1n) is 4.89. The van der Waals surface area contributed by atoms with Crippen molar-refractivity contribution < 1.29 is 13.6 Å². The lowest BCUT2D eigenvalue weighted by molar-refractivity contribution is 0.101. The van der Waals surface area contributed by atoms with Gasteiger partial charge in [0.1, 0.15) is 17.7 Å². The van der Waals surface area contributed by atoms with Crippen LogP contribution < -0.4 is 11.1 Å². The second-order valence-electron chi connectivity index (χ2n) is 3.49. The molecular weight excluding hydrogens is 244 g/mol. The average Bonchev–Trinajstić information content (AvgIpc) is 2.70. The van der Waals surface area contributed by atoms with Gasteiger partial charge < -0.3 is 5.73 Å². The summed E-state index contributed by atoms with van der Waals surface area (Å²) in [4.78, 5) is 15.4. The maximum atomic E-state index is 13.6. The number of carbonyl (C=O) groups excluding carboxylic acids is 1. The average molecular weight is 253 g/mol. The third kappa shape index (κ3) is 1.99. The standard InChI is InChI=1S/C10H9F2N5O/c1-17-10(14-4-15-17)16-9(18)7-5(11)2-3-6(13)8(7)12/h2-4H,13H2,1H3,(H,14,15,16,18). The van der Waals surface area contributed by atoms with E-state index in [0.29, 0.717) is 0 Å². The van der Waals surface area contributed by atoms with E-state index in [0.717, 1.165) is 12.1 Å². The monoisotopic (exact) mass is 253 g/mol. The van der Waals surface area contributed by atoms with Gasteiger partial charge in [-0.05, 0) is 12.1 Å². The van der Waals surface area contributed by atoms with Crippen molar-refractivity contribution in [1.29, 1.82) is 0 Å². The van der Waals surface area contributed by atoms with Crippen LogP contribution >= 0.6 is 0 Å². The molecule has 1 aromatic carbocycles. The summed E-state index contributed by atoms with van der Waals surface area (Å²) in [5.41, 5.74) is 4.22. The smallest absolute Gasteiger partial charge is 0.264 e. The molecule has 0 aliphatic rings. The first-order valence-corrected chi connectivity index (χ1v) is 4.89. The molecule has 0 saturated heterocycles. The molecule has 1 aromatic heterocycles. The molecule has 6 nitrogen and oxygen atoms in total. The third-order valence-corrected chi connectivity index (χ3v) is 2.28. The van der Waals surface area contributed by atoms with Crippen LogP contribution in [0.15, 0.2) is 18.5 Å². The maximum absolute atomic E-state index is 13.6. The minimum Gasteiger partial charge on any atom is -0.396 e. The Morgan fingerprint density at radius 1 is 1.44 bits per heavy atom. The van der Waals surface area contributed by atoms with Gasteiger partial charge in [0.2, 0.25) is 5.95 Å². The van der Waals surface area contributed by atoms with Crippen LogP contribution in [0.25, 0.3) is 0 Å². The Kier molecular flexibility index (Phi) is 2.92. The summed E-state index contributed by atoms with van der Waals surface area (Å²) >= 11 is 0. The summed E-state index contributed by atoms with van der Waals surface area (Å²) in [7, 11) is 1.52. The van der Waals surface area contributed by atoms with Crippen molar-refractivity contribution in [3.63, 3.8) is 0 Å². The highest BCUT2D eigenvalue weighted by Gasteiger charge is 2.20. The first-order chi connectivity index (χ1) is 8.50. The molecule has 3 N–H and O–H groups in total. The van der Waals surface area contributed by atoms with Crippen LogP contribution in [0.3, 0.4) is 0 Å². The lowest BCUT2D eigenvalue weighted by Gasteiger charge is -2.07. The fourth-order valence-electron chi connectivity index (χ4n) is 1.35. The van der Waals surface area contributed by atoms with Crippen LogP contribution in [-0.4, -0.2) is 20.7 Å². The van der Waals surface area contributed by atoms with E-state index in [1.807, 2.05) is 0 Å². The van der Waals surface area contributed by atoms with Gasteiger partial charge in [-0.1, -0.05) is 0 Å². The Morgan fingerprint density at radius 2 is 2.17 bits per heavy atom. The zero-order valence-electron chi connectivity index (χ0n) is 9.32. The summed E-state index contributed by atoms with van der Waals surface area (Å²) < 4.78 is 28.2. The summed E-state index contributed by atoms with van der Waals surface area (Å²) in [6.07, 6.45) is 1.20. The molecule has 94 valence electrons. The van der Waals surface area contributed by atoms with Crippen LogP contribution in [0.5, 0.6) is 0 Å². The van der Waals surface area contributed by atoms with Gasteiger partial charge in [-0.3, -0.25) is 10.1 Å². The number of aryl methyl sites for hydroxylation is 1. The summed E-state index contributed by atoms with van der Waals surface area (Å²) in [6.45, 7) is 0. The number of anilines is 2. The van der Waals surface area contributed by atoms with Crippen LogP contribution in [0, 0.1) is 11.6 Å². The van der Waals surface area contributed by atoms with Crippen LogP contribution in [0.4, 0.5) is 20.4 Å². The molecule has 2 aromatic rings. The SMILES string of the molecule is Cn1ncnc1NC(=O)c1c(F)ccc(N)c1F. The number of hydrogen-bond acceptors (Lipinski definition) is 4. The van der Waals surface area contributed by atoms with Gasteiger partial charge in [0.15, 0.2) is 5.82 Å². The fraction of sp³-hybridized carbons (Fsp3) is 0.100. The largest absolute Gasteiger partial charge is 0.396 e. The van der Waals surface area contributed by atoms with Gasteiger partial charge in [0, 0.05) is 7.05 Å². The number of nitrogens with two attached hydrogens (primary N) is 1. The predicted molar refractivity (Wildman–Crippen MR) is 59.7 cm³/mol. The van der Waals surface area contributed by atoms with E-state index >= 15 is 0 Å². The minimum atomic E-state index is -1.10. The number of hydrogen-bond donors (Lipinski definition) is 2. The zero-order valence-corrected chi connectivity index (χ0v) is 9.32. The first kappa shape index (κ1) is 12.0. The Labute approximate surface area is 100 Å². The molecule has 0 atom stereocenters. The van der Waals surface area contributed by atoms with Gasteiger partial charge in [-0.25, -0.2) is 13.5 Å². The van der Waals surface area contributed by atoms with Gasteiger partial charge in [0.05, 0.1) is 5.69 Å². The molecule has 0 aliphatic heterocycles. The Hall–Kier alpha value is -2.51. The number of halogens is 2. The highest BCUT2D eigenvalue weighted by Crippen LogP contribution is 2.19. The molecule has 0 fully saturated rings. The van der Waals surface area contributed by atoms with E-state index in [4.69, 9.17) is 5.73 Å². The van der Waals surface area contributed by atoms with Crippen molar-refractivity contribution >= 4 is 17.5 Å².